The zero-order valence-electron chi connectivity index (χ0n) is 17.8. The molecule has 164 valence electrons. The maximum atomic E-state index is 13.2. The van der Waals surface area contributed by atoms with Gasteiger partial charge in [0.15, 0.2) is 0 Å². The topological polar surface area (TPSA) is 150 Å². The average molecular weight is 436 g/mol. The van der Waals surface area contributed by atoms with E-state index in [9.17, 15) is 25.0 Å². The van der Waals surface area contributed by atoms with Gasteiger partial charge in [0.1, 0.15) is 11.9 Å². The number of pyridine rings is 1. The summed E-state index contributed by atoms with van der Waals surface area (Å²) >= 11 is 0. The summed E-state index contributed by atoms with van der Waals surface area (Å²) in [6, 6.07) is 8.89. The molecule has 2 heterocycles. The molecular formula is C22H20N4O6. The fourth-order valence-corrected chi connectivity index (χ4v) is 3.60. The summed E-state index contributed by atoms with van der Waals surface area (Å²) < 4.78 is 11.8. The zero-order chi connectivity index (χ0) is 23.7. The minimum atomic E-state index is -0.808. The molecule has 32 heavy (non-hydrogen) atoms. The molecule has 0 amide bonds. The first-order chi connectivity index (χ1) is 15.1. The number of nitriles is 1. The number of nitro groups is 1. The Labute approximate surface area is 182 Å². The number of nitrogens with zero attached hydrogens (tertiary/aromatic N) is 3. The number of carbonyl (C=O) groups excluding carboxylic acids is 2. The summed E-state index contributed by atoms with van der Waals surface area (Å²) in [6.45, 7) is 4.92. The molecule has 1 aromatic carbocycles. The highest BCUT2D eigenvalue weighted by Gasteiger charge is 2.31. The van der Waals surface area contributed by atoms with Gasteiger partial charge in [-0.15, -0.1) is 0 Å². The number of rotatable bonds is 5. The van der Waals surface area contributed by atoms with Gasteiger partial charge in [-0.25, -0.2) is 9.59 Å². The lowest BCUT2D eigenvalue weighted by molar-refractivity contribution is -0.384. The van der Waals surface area contributed by atoms with Gasteiger partial charge in [0.25, 0.3) is 5.69 Å². The Morgan fingerprint density at radius 1 is 1.22 bits per heavy atom. The molecule has 3 rings (SSSR count). The molecule has 0 aliphatic rings. The van der Waals surface area contributed by atoms with Crippen LogP contribution in [0.25, 0.3) is 16.6 Å². The summed E-state index contributed by atoms with van der Waals surface area (Å²) in [6.07, 6.45) is -0.478. The fraction of sp³-hybridized carbons (Fsp3) is 0.227. The first kappa shape index (κ1) is 22.3. The summed E-state index contributed by atoms with van der Waals surface area (Å²) in [5.74, 6) is -1.52. The summed E-state index contributed by atoms with van der Waals surface area (Å²) in [5, 5.41) is 20.8. The number of carbonyl (C=O) groups is 2. The Bertz CT molecular complexity index is 1320. The number of nitrogens with two attached hydrogens (primary N) is 1. The van der Waals surface area contributed by atoms with Crippen LogP contribution in [0.1, 0.15) is 45.8 Å². The maximum Gasteiger partial charge on any atom is 0.340 e. The second-order valence-electron chi connectivity index (χ2n) is 7.24. The minimum absolute atomic E-state index is 0.0149. The fourth-order valence-electron chi connectivity index (χ4n) is 3.60. The molecule has 0 saturated heterocycles. The number of fused-ring (bicyclic) bond motifs is 1. The number of nitro benzene ring substituents is 1. The Morgan fingerprint density at radius 2 is 1.91 bits per heavy atom. The van der Waals surface area contributed by atoms with E-state index in [2.05, 4.69) is 0 Å². The van der Waals surface area contributed by atoms with Crippen molar-refractivity contribution in [1.29, 1.82) is 5.26 Å². The van der Waals surface area contributed by atoms with Crippen LogP contribution in [0.2, 0.25) is 0 Å². The van der Waals surface area contributed by atoms with Gasteiger partial charge in [0.2, 0.25) is 0 Å². The highest BCUT2D eigenvalue weighted by atomic mass is 16.6. The van der Waals surface area contributed by atoms with E-state index in [1.807, 2.05) is 6.07 Å². The van der Waals surface area contributed by atoms with Gasteiger partial charge in [-0.05, 0) is 32.4 Å². The van der Waals surface area contributed by atoms with Gasteiger partial charge in [-0.1, -0.05) is 12.1 Å². The van der Waals surface area contributed by atoms with E-state index < -0.39 is 23.0 Å². The molecule has 0 fully saturated rings. The van der Waals surface area contributed by atoms with Crippen LogP contribution < -0.4 is 5.73 Å². The molecule has 2 N–H and O–H groups in total. The molecule has 10 heteroatoms. The van der Waals surface area contributed by atoms with Crippen LogP contribution in [-0.4, -0.2) is 34.5 Å². The minimum Gasteiger partial charge on any atom is -0.465 e. The van der Waals surface area contributed by atoms with Crippen molar-refractivity contribution < 1.29 is 24.0 Å². The monoisotopic (exact) mass is 436 g/mol. The summed E-state index contributed by atoms with van der Waals surface area (Å²) in [5.41, 5.74) is 6.78. The highest BCUT2D eigenvalue weighted by molar-refractivity contribution is 6.11. The van der Waals surface area contributed by atoms with Crippen molar-refractivity contribution in [2.24, 2.45) is 0 Å². The number of aromatic nitrogens is 1. The Hall–Kier alpha value is -4.39. The van der Waals surface area contributed by atoms with E-state index >= 15 is 0 Å². The third kappa shape index (κ3) is 3.60. The van der Waals surface area contributed by atoms with Crippen molar-refractivity contribution >= 4 is 29.0 Å². The molecular weight excluding hydrogens is 416 g/mol. The van der Waals surface area contributed by atoms with Crippen molar-refractivity contribution in [1.82, 2.24) is 4.40 Å². The predicted molar refractivity (Wildman–Crippen MR) is 115 cm³/mol. The van der Waals surface area contributed by atoms with Crippen LogP contribution in [0, 0.1) is 28.4 Å². The van der Waals surface area contributed by atoms with Gasteiger partial charge < -0.3 is 15.2 Å². The van der Waals surface area contributed by atoms with E-state index in [0.717, 1.165) is 0 Å². The quantitative estimate of drug-likeness (QED) is 0.362. The second kappa shape index (κ2) is 8.39. The number of nitrogen functional groups attached to an aromatic ring is 1. The molecule has 10 nitrogen and oxygen atoms in total. The second-order valence-corrected chi connectivity index (χ2v) is 7.24. The number of esters is 2. The van der Waals surface area contributed by atoms with Crippen molar-refractivity contribution in [2.45, 2.75) is 26.9 Å². The number of non-ortho nitro benzene ring substituents is 1. The van der Waals surface area contributed by atoms with Crippen LogP contribution in [0.4, 0.5) is 11.5 Å². The van der Waals surface area contributed by atoms with E-state index in [1.54, 1.807) is 20.8 Å². The summed E-state index contributed by atoms with van der Waals surface area (Å²) in [4.78, 5) is 36.8. The summed E-state index contributed by atoms with van der Waals surface area (Å²) in [7, 11) is 1.17. The van der Waals surface area contributed by atoms with Gasteiger partial charge in [0.05, 0.1) is 40.3 Å². The van der Waals surface area contributed by atoms with Gasteiger partial charge >= 0.3 is 11.9 Å². The van der Waals surface area contributed by atoms with Crippen LogP contribution in [0.3, 0.4) is 0 Å². The van der Waals surface area contributed by atoms with Crippen LogP contribution in [-0.2, 0) is 9.47 Å². The number of methoxy groups -OCH3 is 1. The molecule has 0 saturated carbocycles. The van der Waals surface area contributed by atoms with E-state index in [0.29, 0.717) is 5.69 Å². The Morgan fingerprint density at radius 3 is 2.47 bits per heavy atom. The van der Waals surface area contributed by atoms with Crippen LogP contribution >= 0.6 is 0 Å². The van der Waals surface area contributed by atoms with Crippen molar-refractivity contribution in [3.8, 4) is 17.2 Å². The Balaban J connectivity index is 2.58. The van der Waals surface area contributed by atoms with E-state index in [1.165, 1.54) is 41.8 Å². The van der Waals surface area contributed by atoms with Crippen LogP contribution in [0.5, 0.6) is 0 Å². The number of ether oxygens (including phenoxy) is 2. The van der Waals surface area contributed by atoms with E-state index in [-0.39, 0.29) is 44.8 Å². The Kier molecular flexibility index (Phi) is 5.85. The molecule has 3 aromatic rings. The maximum absolute atomic E-state index is 13.2. The molecule has 0 bridgehead atoms. The average Bonchev–Trinajstić information content (AvgIpc) is 3.08. The lowest BCUT2D eigenvalue weighted by Crippen LogP contribution is -2.19. The largest absolute Gasteiger partial charge is 0.465 e. The lowest BCUT2D eigenvalue weighted by atomic mass is 9.92. The normalized spacial score (nSPS) is 10.8. The third-order valence-electron chi connectivity index (χ3n) is 4.89. The molecule has 0 unspecified atom stereocenters. The van der Waals surface area contributed by atoms with Crippen LogP contribution in [0.15, 0.2) is 30.3 Å². The van der Waals surface area contributed by atoms with Crippen molar-refractivity contribution in [3.63, 3.8) is 0 Å². The number of hydrogen-bond acceptors (Lipinski definition) is 8. The van der Waals surface area contributed by atoms with Crippen molar-refractivity contribution in [3.05, 3.63) is 62.8 Å². The predicted octanol–water partition coefficient (Wildman–Crippen LogP) is 3.63. The highest BCUT2D eigenvalue weighted by Crippen LogP contribution is 2.38. The SMILES string of the molecule is COC(=O)c1c(-c2cccc([N+](=O)[O-])c2)c(C(=O)OC(C)C)c(C)n2c(N)c(C#N)cc12. The van der Waals surface area contributed by atoms with Gasteiger partial charge in [0, 0.05) is 23.4 Å². The number of benzene rings is 1. The first-order valence-corrected chi connectivity index (χ1v) is 9.54. The smallest absolute Gasteiger partial charge is 0.340 e. The first-order valence-electron chi connectivity index (χ1n) is 9.54. The molecule has 0 aliphatic carbocycles. The molecule has 0 spiro atoms. The number of aryl methyl sites for hydroxylation is 1. The number of anilines is 1. The zero-order valence-corrected chi connectivity index (χ0v) is 17.8. The van der Waals surface area contributed by atoms with Gasteiger partial charge in [-0.2, -0.15) is 5.26 Å². The molecule has 0 radical (unpaired) electrons. The lowest BCUT2D eigenvalue weighted by Gasteiger charge is -2.20. The number of hydrogen-bond donors (Lipinski definition) is 1. The third-order valence-corrected chi connectivity index (χ3v) is 4.89. The molecule has 0 aliphatic heterocycles. The van der Waals surface area contributed by atoms with Gasteiger partial charge in [-0.3, -0.25) is 14.5 Å². The van der Waals surface area contributed by atoms with Crippen molar-refractivity contribution in [2.75, 3.05) is 12.8 Å². The molecule has 2 aromatic heterocycles. The molecule has 0 atom stereocenters. The standard InChI is InChI=1S/C22H20N4O6/c1-11(2)32-22(28)17-12(3)25-16(9-14(10-23)20(25)24)19(21(27)31-4)18(17)13-6-5-7-15(8-13)26(29)30/h5-9,11H,24H2,1-4H3. The van der Waals surface area contributed by atoms with E-state index in [4.69, 9.17) is 15.2 Å².